The molecular weight excluding hydrogens is 438 g/mol. The quantitative estimate of drug-likeness (QED) is 0.650. The Morgan fingerprint density at radius 1 is 0.939 bits per heavy atom. The van der Waals surface area contributed by atoms with Crippen LogP contribution in [0.2, 0.25) is 5.02 Å². The van der Waals surface area contributed by atoms with Crippen LogP contribution < -0.4 is 4.90 Å². The Morgan fingerprint density at radius 3 is 2.33 bits per heavy atom. The van der Waals surface area contributed by atoms with Gasteiger partial charge < -0.3 is 14.5 Å². The molecule has 0 atom stereocenters. The molecule has 0 spiro atoms. The molecule has 0 N–H and O–H groups in total. The van der Waals surface area contributed by atoms with Crippen molar-refractivity contribution in [1.29, 1.82) is 0 Å². The van der Waals surface area contributed by atoms with Crippen LogP contribution in [0, 0.1) is 0 Å². The molecule has 1 heterocycles. The third-order valence-corrected chi connectivity index (χ3v) is 6.20. The molecule has 2 aromatic rings. The molecule has 2 amide bonds. The van der Waals surface area contributed by atoms with Gasteiger partial charge in [-0.1, -0.05) is 48.9 Å². The number of methoxy groups -OCH3 is 1. The minimum absolute atomic E-state index is 0.0282. The van der Waals surface area contributed by atoms with Crippen LogP contribution in [0.4, 0.5) is 5.69 Å². The molecule has 0 saturated heterocycles. The monoisotopic (exact) mass is 471 g/mol. The van der Waals surface area contributed by atoms with Crippen molar-refractivity contribution >= 4 is 29.1 Å². The second kappa shape index (κ2) is 12.7. The van der Waals surface area contributed by atoms with Gasteiger partial charge in [0.1, 0.15) is 6.61 Å². The van der Waals surface area contributed by atoms with E-state index in [9.17, 15) is 9.59 Å². The minimum atomic E-state index is -0.0698. The lowest BCUT2D eigenvalue weighted by molar-refractivity contribution is -0.131. The predicted molar refractivity (Wildman–Crippen MR) is 132 cm³/mol. The Labute approximate surface area is 202 Å². The lowest BCUT2D eigenvalue weighted by Gasteiger charge is -2.31. The SMILES string of the molecule is CCC(=O)N1CCCN(Cc2ccc(Cl)cc2)CCCN(C(=O)COC)c2ccccc2C1. The van der Waals surface area contributed by atoms with Gasteiger partial charge in [0, 0.05) is 63.5 Å². The average molecular weight is 472 g/mol. The number of amides is 2. The minimum Gasteiger partial charge on any atom is -0.375 e. The van der Waals surface area contributed by atoms with Gasteiger partial charge in [-0.3, -0.25) is 14.5 Å². The molecule has 0 aromatic heterocycles. The highest BCUT2D eigenvalue weighted by Gasteiger charge is 2.22. The number of hydrogen-bond donors (Lipinski definition) is 0. The number of halogens is 1. The summed E-state index contributed by atoms with van der Waals surface area (Å²) in [6.07, 6.45) is 2.20. The largest absolute Gasteiger partial charge is 0.375 e. The van der Waals surface area contributed by atoms with E-state index in [1.54, 1.807) is 0 Å². The fourth-order valence-corrected chi connectivity index (χ4v) is 4.39. The highest BCUT2D eigenvalue weighted by atomic mass is 35.5. The number of carbonyl (C=O) groups excluding carboxylic acids is 2. The number of rotatable bonds is 5. The van der Waals surface area contributed by atoms with E-state index < -0.39 is 0 Å². The topological polar surface area (TPSA) is 53.1 Å². The summed E-state index contributed by atoms with van der Waals surface area (Å²) in [6, 6.07) is 15.8. The summed E-state index contributed by atoms with van der Waals surface area (Å²) < 4.78 is 5.15. The van der Waals surface area contributed by atoms with Crippen LogP contribution in [0.3, 0.4) is 0 Å². The maximum atomic E-state index is 12.9. The molecule has 178 valence electrons. The first-order valence-corrected chi connectivity index (χ1v) is 12.0. The first kappa shape index (κ1) is 25.2. The molecule has 6 nitrogen and oxygen atoms in total. The van der Waals surface area contributed by atoms with Crippen LogP contribution in [-0.4, -0.2) is 61.5 Å². The standard InChI is InChI=1S/C26H34ClN3O3/c1-3-25(31)29-16-6-14-28(18-21-10-12-23(27)13-11-21)15-7-17-30(26(32)20-33-2)24-9-5-4-8-22(24)19-29/h4-5,8-13H,3,6-7,14-20H2,1-2H3. The highest BCUT2D eigenvalue weighted by Crippen LogP contribution is 2.24. The zero-order chi connectivity index (χ0) is 23.6. The highest BCUT2D eigenvalue weighted by molar-refractivity contribution is 6.30. The molecule has 0 unspecified atom stereocenters. The first-order chi connectivity index (χ1) is 16.0. The Morgan fingerprint density at radius 2 is 1.64 bits per heavy atom. The number of para-hydroxylation sites is 1. The van der Waals surface area contributed by atoms with E-state index in [1.165, 1.54) is 12.7 Å². The molecule has 1 aliphatic heterocycles. The maximum absolute atomic E-state index is 12.9. The zero-order valence-corrected chi connectivity index (χ0v) is 20.4. The second-order valence-electron chi connectivity index (χ2n) is 8.39. The third kappa shape index (κ3) is 7.29. The number of anilines is 1. The second-order valence-corrected chi connectivity index (χ2v) is 8.82. The van der Waals surface area contributed by atoms with Crippen molar-refractivity contribution < 1.29 is 14.3 Å². The Hall–Kier alpha value is -2.41. The summed E-state index contributed by atoms with van der Waals surface area (Å²) in [5.41, 5.74) is 3.05. The van der Waals surface area contributed by atoms with Gasteiger partial charge in [0.2, 0.25) is 5.91 Å². The fourth-order valence-electron chi connectivity index (χ4n) is 4.27. The number of hydrogen-bond acceptors (Lipinski definition) is 4. The van der Waals surface area contributed by atoms with E-state index in [-0.39, 0.29) is 18.4 Å². The maximum Gasteiger partial charge on any atom is 0.252 e. The Balaban J connectivity index is 1.86. The Bertz CT molecular complexity index is 919. The lowest BCUT2D eigenvalue weighted by atomic mass is 10.1. The molecule has 3 rings (SSSR count). The van der Waals surface area contributed by atoms with Crippen LogP contribution in [0.15, 0.2) is 48.5 Å². The van der Waals surface area contributed by atoms with Crippen LogP contribution in [0.5, 0.6) is 0 Å². The van der Waals surface area contributed by atoms with Gasteiger partial charge in [0.25, 0.3) is 5.91 Å². The van der Waals surface area contributed by atoms with E-state index in [0.29, 0.717) is 26.1 Å². The lowest BCUT2D eigenvalue weighted by Crippen LogP contribution is -2.39. The summed E-state index contributed by atoms with van der Waals surface area (Å²) in [6.45, 7) is 6.24. The molecule has 0 bridgehead atoms. The number of fused-ring (bicyclic) bond motifs is 1. The zero-order valence-electron chi connectivity index (χ0n) is 19.6. The smallest absolute Gasteiger partial charge is 0.252 e. The molecule has 0 saturated carbocycles. The third-order valence-electron chi connectivity index (χ3n) is 5.95. The van der Waals surface area contributed by atoms with Crippen LogP contribution in [0.25, 0.3) is 0 Å². The van der Waals surface area contributed by atoms with Crippen molar-refractivity contribution in [3.63, 3.8) is 0 Å². The fraction of sp³-hybridized carbons (Fsp3) is 0.462. The van der Waals surface area contributed by atoms with E-state index in [1.807, 2.05) is 53.1 Å². The van der Waals surface area contributed by atoms with Crippen LogP contribution in [-0.2, 0) is 27.4 Å². The summed E-state index contributed by atoms with van der Waals surface area (Å²) in [4.78, 5) is 31.8. The van der Waals surface area contributed by atoms with Crippen molar-refractivity contribution in [2.75, 3.05) is 44.8 Å². The number of carbonyl (C=O) groups is 2. The molecule has 1 aliphatic rings. The number of benzene rings is 2. The predicted octanol–water partition coefficient (Wildman–Crippen LogP) is 4.35. The van der Waals surface area contributed by atoms with Crippen molar-refractivity contribution in [2.45, 2.75) is 39.3 Å². The van der Waals surface area contributed by atoms with Gasteiger partial charge in [-0.05, 0) is 42.2 Å². The molecule has 2 aromatic carbocycles. The van der Waals surface area contributed by atoms with Crippen LogP contribution in [0.1, 0.15) is 37.3 Å². The number of ether oxygens (including phenoxy) is 1. The summed E-state index contributed by atoms with van der Waals surface area (Å²) >= 11 is 6.05. The summed E-state index contributed by atoms with van der Waals surface area (Å²) in [5, 5.41) is 0.729. The molecule has 0 aliphatic carbocycles. The van der Waals surface area contributed by atoms with Crippen LogP contribution >= 0.6 is 11.6 Å². The average Bonchev–Trinajstić information content (AvgIpc) is 2.81. The van der Waals surface area contributed by atoms with Crippen molar-refractivity contribution in [2.24, 2.45) is 0 Å². The summed E-state index contributed by atoms with van der Waals surface area (Å²) in [7, 11) is 1.54. The van der Waals surface area contributed by atoms with E-state index in [0.717, 1.165) is 48.7 Å². The van der Waals surface area contributed by atoms with Gasteiger partial charge in [-0.25, -0.2) is 0 Å². The molecular formula is C26H34ClN3O3. The Kier molecular flexibility index (Phi) is 9.73. The van der Waals surface area contributed by atoms with Gasteiger partial charge >= 0.3 is 0 Å². The molecule has 7 heteroatoms. The van der Waals surface area contributed by atoms with E-state index in [4.69, 9.17) is 16.3 Å². The molecule has 0 radical (unpaired) electrons. The summed E-state index contributed by atoms with van der Waals surface area (Å²) in [5.74, 6) is 0.0560. The normalized spacial score (nSPS) is 16.0. The van der Waals surface area contributed by atoms with Crippen molar-refractivity contribution in [3.05, 3.63) is 64.7 Å². The van der Waals surface area contributed by atoms with Gasteiger partial charge in [0.15, 0.2) is 0 Å². The van der Waals surface area contributed by atoms with E-state index >= 15 is 0 Å². The van der Waals surface area contributed by atoms with Crippen molar-refractivity contribution in [1.82, 2.24) is 9.80 Å². The first-order valence-electron chi connectivity index (χ1n) is 11.6. The molecule has 33 heavy (non-hydrogen) atoms. The van der Waals surface area contributed by atoms with E-state index in [2.05, 4.69) is 17.0 Å². The number of nitrogens with zero attached hydrogens (tertiary/aromatic N) is 3. The van der Waals surface area contributed by atoms with Gasteiger partial charge in [-0.2, -0.15) is 0 Å². The van der Waals surface area contributed by atoms with Gasteiger partial charge in [0.05, 0.1) is 0 Å². The van der Waals surface area contributed by atoms with Gasteiger partial charge in [-0.15, -0.1) is 0 Å². The van der Waals surface area contributed by atoms with Crippen molar-refractivity contribution in [3.8, 4) is 0 Å². The molecule has 0 fully saturated rings.